The molecule has 0 aliphatic rings. The summed E-state index contributed by atoms with van der Waals surface area (Å²) in [5, 5.41) is 10.4. The van der Waals surface area contributed by atoms with Gasteiger partial charge in [0.25, 0.3) is 0 Å². The fourth-order valence-electron chi connectivity index (χ4n) is 2.21. The molecular formula is C18H27FIN5O. The van der Waals surface area contributed by atoms with Gasteiger partial charge in [0.2, 0.25) is 5.89 Å². The first-order valence-electron chi connectivity index (χ1n) is 8.59. The second-order valence-electron chi connectivity index (χ2n) is 6.16. The number of aryl methyl sites for hydroxylation is 1. The normalized spacial score (nSPS) is 11.4. The molecule has 0 spiro atoms. The molecule has 0 saturated carbocycles. The van der Waals surface area contributed by atoms with Gasteiger partial charge in [0.1, 0.15) is 5.82 Å². The van der Waals surface area contributed by atoms with E-state index < -0.39 is 0 Å². The highest BCUT2D eigenvalue weighted by molar-refractivity contribution is 14.0. The van der Waals surface area contributed by atoms with Crippen molar-refractivity contribution < 1.29 is 8.91 Å². The first-order chi connectivity index (χ1) is 12.0. The van der Waals surface area contributed by atoms with Gasteiger partial charge in [-0.15, -0.1) is 24.0 Å². The van der Waals surface area contributed by atoms with E-state index in [9.17, 15) is 4.39 Å². The largest absolute Gasteiger partial charge is 0.357 e. The van der Waals surface area contributed by atoms with Gasteiger partial charge in [-0.2, -0.15) is 4.98 Å². The first-order valence-corrected chi connectivity index (χ1v) is 8.59. The average Bonchev–Trinajstić information content (AvgIpc) is 3.05. The maximum absolute atomic E-state index is 13.3. The zero-order valence-electron chi connectivity index (χ0n) is 15.7. The third-order valence-corrected chi connectivity index (χ3v) is 3.62. The molecule has 0 aliphatic heterocycles. The van der Waals surface area contributed by atoms with Gasteiger partial charge in [0.15, 0.2) is 11.8 Å². The number of nitrogens with one attached hydrogen (secondary N) is 2. The van der Waals surface area contributed by atoms with E-state index in [1.54, 1.807) is 13.0 Å². The Morgan fingerprint density at radius 1 is 1.31 bits per heavy atom. The topological polar surface area (TPSA) is 75.3 Å². The highest BCUT2D eigenvalue weighted by Crippen LogP contribution is 2.10. The summed E-state index contributed by atoms with van der Waals surface area (Å²) in [6.07, 6.45) is 0.625. The summed E-state index contributed by atoms with van der Waals surface area (Å²) in [4.78, 5) is 8.87. The molecule has 0 aliphatic carbocycles. The molecule has 0 atom stereocenters. The quantitative estimate of drug-likeness (QED) is 0.364. The lowest BCUT2D eigenvalue weighted by Gasteiger charge is -2.10. The minimum absolute atomic E-state index is 0. The lowest BCUT2D eigenvalue weighted by atomic mass is 10.1. The van der Waals surface area contributed by atoms with Crippen LogP contribution in [-0.4, -0.2) is 29.2 Å². The number of aromatic nitrogens is 2. The van der Waals surface area contributed by atoms with Gasteiger partial charge in [-0.3, -0.25) is 0 Å². The first kappa shape index (κ1) is 22.3. The molecule has 2 N–H and O–H groups in total. The van der Waals surface area contributed by atoms with Gasteiger partial charge >= 0.3 is 0 Å². The molecular weight excluding hydrogens is 448 g/mol. The van der Waals surface area contributed by atoms with Crippen LogP contribution >= 0.6 is 24.0 Å². The van der Waals surface area contributed by atoms with Crippen LogP contribution in [0.25, 0.3) is 0 Å². The van der Waals surface area contributed by atoms with Crippen LogP contribution in [0, 0.1) is 12.7 Å². The fraction of sp³-hybridized carbons (Fsp3) is 0.500. The Morgan fingerprint density at radius 2 is 2.08 bits per heavy atom. The minimum atomic E-state index is -0.196. The van der Waals surface area contributed by atoms with E-state index in [0.717, 1.165) is 17.9 Å². The zero-order chi connectivity index (χ0) is 18.2. The molecule has 1 aromatic heterocycles. The Bertz CT molecular complexity index is 717. The molecule has 0 saturated heterocycles. The van der Waals surface area contributed by atoms with Gasteiger partial charge in [0, 0.05) is 25.4 Å². The molecule has 0 bridgehead atoms. The van der Waals surface area contributed by atoms with Crippen molar-refractivity contribution in [1.29, 1.82) is 0 Å². The maximum Gasteiger partial charge on any atom is 0.228 e. The Labute approximate surface area is 171 Å². The lowest BCUT2D eigenvalue weighted by Crippen LogP contribution is -2.38. The molecule has 26 heavy (non-hydrogen) atoms. The number of guanidine groups is 1. The van der Waals surface area contributed by atoms with Crippen molar-refractivity contribution in [2.45, 2.75) is 46.6 Å². The molecule has 2 rings (SSSR count). The molecule has 0 amide bonds. The monoisotopic (exact) mass is 475 g/mol. The van der Waals surface area contributed by atoms with Gasteiger partial charge in [-0.25, -0.2) is 9.38 Å². The molecule has 1 heterocycles. The number of hydrogen-bond donors (Lipinski definition) is 2. The summed E-state index contributed by atoms with van der Waals surface area (Å²) in [6.45, 7) is 9.68. The van der Waals surface area contributed by atoms with Crippen molar-refractivity contribution in [2.75, 3.05) is 13.1 Å². The van der Waals surface area contributed by atoms with Crippen molar-refractivity contribution in [3.8, 4) is 0 Å². The van der Waals surface area contributed by atoms with Crippen LogP contribution in [0.5, 0.6) is 0 Å². The molecule has 0 radical (unpaired) electrons. The number of aliphatic imine (C=N–C) groups is 1. The summed E-state index contributed by atoms with van der Waals surface area (Å²) >= 11 is 0. The molecule has 0 unspecified atom stereocenters. The van der Waals surface area contributed by atoms with Crippen molar-refractivity contribution in [3.05, 3.63) is 46.9 Å². The molecule has 144 valence electrons. The summed E-state index contributed by atoms with van der Waals surface area (Å²) in [5.74, 6) is 2.10. The Morgan fingerprint density at radius 3 is 2.69 bits per heavy atom. The van der Waals surface area contributed by atoms with E-state index in [2.05, 4.69) is 25.8 Å². The minimum Gasteiger partial charge on any atom is -0.357 e. The third-order valence-electron chi connectivity index (χ3n) is 3.62. The average molecular weight is 475 g/mol. The summed E-state index contributed by atoms with van der Waals surface area (Å²) < 4.78 is 18.5. The Balaban J connectivity index is 0.00000338. The summed E-state index contributed by atoms with van der Waals surface area (Å²) in [6, 6.07) is 5.04. The van der Waals surface area contributed by atoms with E-state index in [4.69, 9.17) is 4.52 Å². The van der Waals surface area contributed by atoms with Crippen LogP contribution in [0.3, 0.4) is 0 Å². The van der Waals surface area contributed by atoms with E-state index in [1.165, 1.54) is 6.07 Å². The van der Waals surface area contributed by atoms with Crippen LogP contribution in [0.1, 0.15) is 49.5 Å². The SMILES string of the molecule is CCNC(=NCc1ccc(F)c(C)c1)NCCc1nc(C(C)C)no1.I. The van der Waals surface area contributed by atoms with E-state index >= 15 is 0 Å². The molecule has 1 aromatic carbocycles. The number of benzene rings is 1. The Hall–Kier alpha value is -1.71. The van der Waals surface area contributed by atoms with Crippen LogP contribution in [0.2, 0.25) is 0 Å². The van der Waals surface area contributed by atoms with Crippen molar-refractivity contribution in [3.63, 3.8) is 0 Å². The van der Waals surface area contributed by atoms with Crippen LogP contribution in [-0.2, 0) is 13.0 Å². The van der Waals surface area contributed by atoms with Crippen LogP contribution in [0.4, 0.5) is 4.39 Å². The molecule has 0 fully saturated rings. The second-order valence-corrected chi connectivity index (χ2v) is 6.16. The second kappa shape index (κ2) is 11.1. The van der Waals surface area contributed by atoms with Gasteiger partial charge in [0.05, 0.1) is 6.54 Å². The maximum atomic E-state index is 13.3. The van der Waals surface area contributed by atoms with Crippen molar-refractivity contribution >= 4 is 29.9 Å². The molecule has 8 heteroatoms. The van der Waals surface area contributed by atoms with Crippen LogP contribution < -0.4 is 10.6 Å². The van der Waals surface area contributed by atoms with Gasteiger partial charge < -0.3 is 15.2 Å². The molecule has 2 aromatic rings. The number of halogens is 2. The lowest BCUT2D eigenvalue weighted by molar-refractivity contribution is 0.371. The third kappa shape index (κ3) is 6.89. The summed E-state index contributed by atoms with van der Waals surface area (Å²) in [5.41, 5.74) is 1.59. The predicted molar refractivity (Wildman–Crippen MR) is 111 cm³/mol. The smallest absolute Gasteiger partial charge is 0.228 e. The standard InChI is InChI=1S/C18H26FN5O.HI/c1-5-20-18(22-11-14-6-7-15(19)13(4)10-14)21-9-8-16-23-17(12(2)3)24-25-16;/h6-7,10,12H,5,8-9,11H2,1-4H3,(H2,20,21,22);1H. The zero-order valence-corrected chi connectivity index (χ0v) is 18.0. The summed E-state index contributed by atoms with van der Waals surface area (Å²) in [7, 11) is 0. The van der Waals surface area contributed by atoms with E-state index in [0.29, 0.717) is 36.9 Å². The molecule has 6 nitrogen and oxygen atoms in total. The van der Waals surface area contributed by atoms with E-state index in [1.807, 2.05) is 26.8 Å². The number of nitrogens with zero attached hydrogens (tertiary/aromatic N) is 3. The van der Waals surface area contributed by atoms with Crippen LogP contribution in [0.15, 0.2) is 27.7 Å². The number of hydrogen-bond acceptors (Lipinski definition) is 4. The van der Waals surface area contributed by atoms with Crippen molar-refractivity contribution in [1.82, 2.24) is 20.8 Å². The predicted octanol–water partition coefficient (Wildman–Crippen LogP) is 3.56. The Kier molecular flexibility index (Phi) is 9.53. The fourth-order valence-corrected chi connectivity index (χ4v) is 2.21. The number of rotatable bonds is 7. The van der Waals surface area contributed by atoms with E-state index in [-0.39, 0.29) is 35.7 Å². The van der Waals surface area contributed by atoms with Gasteiger partial charge in [-0.1, -0.05) is 31.1 Å². The van der Waals surface area contributed by atoms with Gasteiger partial charge in [-0.05, 0) is 31.0 Å². The van der Waals surface area contributed by atoms with Crippen molar-refractivity contribution in [2.24, 2.45) is 4.99 Å². The highest BCUT2D eigenvalue weighted by Gasteiger charge is 2.09. The highest BCUT2D eigenvalue weighted by atomic mass is 127.